The van der Waals surface area contributed by atoms with E-state index in [2.05, 4.69) is 4.99 Å². The molecule has 3 nitrogen and oxygen atoms in total. The van der Waals surface area contributed by atoms with Gasteiger partial charge in [0.05, 0.1) is 0 Å². The number of hydrogen-bond acceptors (Lipinski definition) is 3. The second kappa shape index (κ2) is 3.09. The van der Waals surface area contributed by atoms with E-state index in [4.69, 9.17) is 0 Å². The quantitative estimate of drug-likeness (QED) is 0.510. The van der Waals surface area contributed by atoms with Crippen molar-refractivity contribution in [3.63, 3.8) is 0 Å². The fourth-order valence-electron chi connectivity index (χ4n) is 0.855. The Balaban J connectivity index is 2.94. The van der Waals surface area contributed by atoms with E-state index < -0.39 is 0 Å². The Morgan fingerprint density at radius 2 is 2.27 bits per heavy atom. The minimum atomic E-state index is -0.0168. The van der Waals surface area contributed by atoms with E-state index in [1.807, 2.05) is 13.2 Å². The predicted molar refractivity (Wildman–Crippen MR) is 47.5 cm³/mol. The van der Waals surface area contributed by atoms with Gasteiger partial charge < -0.3 is 0 Å². The molecule has 1 aliphatic rings. The van der Waals surface area contributed by atoms with Crippen molar-refractivity contribution in [2.24, 2.45) is 4.99 Å². The smallest absolute Gasteiger partial charge is 0.277 e. The summed E-state index contributed by atoms with van der Waals surface area (Å²) >= 11 is 1.48. The maximum Gasteiger partial charge on any atom is 0.277 e. The molecule has 0 radical (unpaired) electrons. The number of amides is 1. The zero-order valence-corrected chi connectivity index (χ0v) is 7.60. The Bertz CT molecular complexity index is 245. The van der Waals surface area contributed by atoms with Crippen LogP contribution in [0.25, 0.3) is 0 Å². The van der Waals surface area contributed by atoms with Crippen LogP contribution in [0.3, 0.4) is 0 Å². The Morgan fingerprint density at radius 3 is 2.55 bits per heavy atom. The molecule has 0 aromatic rings. The average molecular weight is 170 g/mol. The van der Waals surface area contributed by atoms with Crippen molar-refractivity contribution in [2.45, 2.75) is 6.92 Å². The van der Waals surface area contributed by atoms with Gasteiger partial charge in [-0.15, -0.1) is 0 Å². The summed E-state index contributed by atoms with van der Waals surface area (Å²) in [5.74, 6) is -0.0168. The number of carbonyl (C=O) groups excluding carboxylic acids is 1. The standard InChI is InChI=1S/C7H10N2OS/c1-4-5-6(10)9(2)7(8-5)11-3/h4H,1-3H3/b5-4+. The number of carbonyl (C=O) groups is 1. The van der Waals surface area contributed by atoms with Crippen molar-refractivity contribution in [3.05, 3.63) is 11.8 Å². The second-order valence-electron chi connectivity index (χ2n) is 2.14. The number of allylic oxidation sites excluding steroid dienone is 1. The number of rotatable bonds is 0. The summed E-state index contributed by atoms with van der Waals surface area (Å²) in [7, 11) is 1.73. The molecule has 1 heterocycles. The van der Waals surface area contributed by atoms with Crippen LogP contribution >= 0.6 is 11.8 Å². The van der Waals surface area contributed by atoms with Gasteiger partial charge >= 0.3 is 0 Å². The van der Waals surface area contributed by atoms with Crippen LogP contribution in [0.5, 0.6) is 0 Å². The van der Waals surface area contributed by atoms with E-state index >= 15 is 0 Å². The first-order valence-corrected chi connectivity index (χ1v) is 4.50. The summed E-state index contributed by atoms with van der Waals surface area (Å²) in [5, 5.41) is 0.767. The maximum absolute atomic E-state index is 11.2. The molecule has 0 spiro atoms. The van der Waals surface area contributed by atoms with Crippen LogP contribution in [0.15, 0.2) is 16.8 Å². The van der Waals surface area contributed by atoms with Crippen molar-refractivity contribution in [1.82, 2.24) is 4.90 Å². The van der Waals surface area contributed by atoms with Crippen molar-refractivity contribution in [1.29, 1.82) is 0 Å². The third kappa shape index (κ3) is 1.30. The van der Waals surface area contributed by atoms with Crippen LogP contribution in [0.1, 0.15) is 6.92 Å². The van der Waals surface area contributed by atoms with Gasteiger partial charge in [0.15, 0.2) is 5.17 Å². The molecule has 1 aliphatic heterocycles. The topological polar surface area (TPSA) is 32.7 Å². The highest BCUT2D eigenvalue weighted by atomic mass is 32.2. The maximum atomic E-state index is 11.2. The molecule has 0 aliphatic carbocycles. The molecule has 11 heavy (non-hydrogen) atoms. The summed E-state index contributed by atoms with van der Waals surface area (Å²) in [6.45, 7) is 1.81. The third-order valence-corrected chi connectivity index (χ3v) is 2.21. The Kier molecular flexibility index (Phi) is 2.34. The van der Waals surface area contributed by atoms with E-state index in [-0.39, 0.29) is 5.91 Å². The summed E-state index contributed by atoms with van der Waals surface area (Å²) in [5.41, 5.74) is 0.539. The molecule has 4 heteroatoms. The zero-order chi connectivity index (χ0) is 8.43. The van der Waals surface area contributed by atoms with Gasteiger partial charge in [-0.3, -0.25) is 9.69 Å². The Morgan fingerprint density at radius 1 is 1.64 bits per heavy atom. The van der Waals surface area contributed by atoms with Crippen molar-refractivity contribution in [2.75, 3.05) is 13.3 Å². The minimum absolute atomic E-state index is 0.0168. The highest BCUT2D eigenvalue weighted by Crippen LogP contribution is 2.17. The molecule has 0 unspecified atom stereocenters. The van der Waals surface area contributed by atoms with Gasteiger partial charge in [0.25, 0.3) is 5.91 Å². The van der Waals surface area contributed by atoms with Crippen molar-refractivity contribution >= 4 is 22.8 Å². The molecule has 0 saturated heterocycles. The number of aliphatic imine (C=N–C) groups is 1. The van der Waals surface area contributed by atoms with Crippen molar-refractivity contribution < 1.29 is 4.79 Å². The molecular formula is C7H10N2OS. The molecule has 0 fully saturated rings. The third-order valence-electron chi connectivity index (χ3n) is 1.48. The Hall–Kier alpha value is -0.770. The van der Waals surface area contributed by atoms with Crippen LogP contribution in [-0.2, 0) is 4.79 Å². The number of likely N-dealkylation sites (N-methyl/N-ethyl adjacent to an activating group) is 1. The number of amidine groups is 1. The lowest BCUT2D eigenvalue weighted by Crippen LogP contribution is -2.25. The van der Waals surface area contributed by atoms with E-state index in [1.54, 1.807) is 18.0 Å². The normalized spacial score (nSPS) is 21.4. The van der Waals surface area contributed by atoms with E-state index in [0.29, 0.717) is 5.70 Å². The van der Waals surface area contributed by atoms with Gasteiger partial charge in [-0.25, -0.2) is 4.99 Å². The number of nitrogens with zero attached hydrogens (tertiary/aromatic N) is 2. The first-order chi connectivity index (χ1) is 5.20. The summed E-state index contributed by atoms with van der Waals surface area (Å²) < 4.78 is 0. The van der Waals surface area contributed by atoms with Crippen LogP contribution < -0.4 is 0 Å². The lowest BCUT2D eigenvalue weighted by atomic mass is 10.4. The fraction of sp³-hybridized carbons (Fsp3) is 0.429. The fourth-order valence-corrected chi connectivity index (χ4v) is 1.40. The van der Waals surface area contributed by atoms with Crippen molar-refractivity contribution in [3.8, 4) is 0 Å². The van der Waals surface area contributed by atoms with Gasteiger partial charge in [0, 0.05) is 7.05 Å². The highest BCUT2D eigenvalue weighted by molar-refractivity contribution is 8.13. The molecule has 0 N–H and O–H groups in total. The van der Waals surface area contributed by atoms with Gasteiger partial charge in [0.1, 0.15) is 5.70 Å². The molecule has 60 valence electrons. The molecule has 0 saturated carbocycles. The molecule has 0 aromatic carbocycles. The molecular weight excluding hydrogens is 160 g/mol. The summed E-state index contributed by atoms with van der Waals surface area (Å²) in [4.78, 5) is 16.9. The highest BCUT2D eigenvalue weighted by Gasteiger charge is 2.24. The summed E-state index contributed by atoms with van der Waals surface area (Å²) in [6, 6.07) is 0. The minimum Gasteiger partial charge on any atom is -0.289 e. The molecule has 0 bridgehead atoms. The van der Waals surface area contributed by atoms with E-state index in [0.717, 1.165) is 5.17 Å². The van der Waals surface area contributed by atoms with E-state index in [1.165, 1.54) is 11.8 Å². The molecule has 1 amide bonds. The molecule has 0 aromatic heterocycles. The SMILES string of the molecule is C/C=C1/N=C(SC)N(C)C1=O. The van der Waals surface area contributed by atoms with Gasteiger partial charge in [-0.2, -0.15) is 0 Å². The van der Waals surface area contributed by atoms with Crippen LogP contribution in [0.4, 0.5) is 0 Å². The van der Waals surface area contributed by atoms with Gasteiger partial charge in [0.2, 0.25) is 0 Å². The average Bonchev–Trinajstić information content (AvgIpc) is 2.30. The number of hydrogen-bond donors (Lipinski definition) is 0. The first kappa shape index (κ1) is 8.33. The van der Waals surface area contributed by atoms with E-state index in [9.17, 15) is 4.79 Å². The lowest BCUT2D eigenvalue weighted by Gasteiger charge is -2.07. The second-order valence-corrected chi connectivity index (χ2v) is 2.91. The zero-order valence-electron chi connectivity index (χ0n) is 6.79. The number of thioether (sulfide) groups is 1. The largest absolute Gasteiger partial charge is 0.289 e. The summed E-state index contributed by atoms with van der Waals surface area (Å²) in [6.07, 6.45) is 3.63. The van der Waals surface area contributed by atoms with Gasteiger partial charge in [-0.05, 0) is 13.2 Å². The monoisotopic (exact) mass is 170 g/mol. The Labute approximate surface area is 70.2 Å². The molecule has 0 atom stereocenters. The molecule has 1 rings (SSSR count). The van der Waals surface area contributed by atoms with Crippen LogP contribution in [0, 0.1) is 0 Å². The van der Waals surface area contributed by atoms with Crippen LogP contribution in [-0.4, -0.2) is 29.3 Å². The first-order valence-electron chi connectivity index (χ1n) is 3.27. The predicted octanol–water partition coefficient (Wildman–Crippen LogP) is 1.08. The van der Waals surface area contributed by atoms with Crippen LogP contribution in [0.2, 0.25) is 0 Å². The van der Waals surface area contributed by atoms with Gasteiger partial charge in [-0.1, -0.05) is 17.8 Å². The lowest BCUT2D eigenvalue weighted by molar-refractivity contribution is -0.121.